The van der Waals surface area contributed by atoms with Crippen molar-refractivity contribution in [3.8, 4) is 0 Å². The molecular weight excluding hydrogens is 308 g/mol. The lowest BCUT2D eigenvalue weighted by Crippen LogP contribution is -2.50. The van der Waals surface area contributed by atoms with Crippen molar-refractivity contribution in [1.82, 2.24) is 14.5 Å². The van der Waals surface area contributed by atoms with E-state index < -0.39 is 15.2 Å². The molecule has 1 aliphatic heterocycles. The summed E-state index contributed by atoms with van der Waals surface area (Å²) in [5, 5.41) is -0.472. The van der Waals surface area contributed by atoms with E-state index in [1.54, 1.807) is 24.3 Å². The van der Waals surface area contributed by atoms with Crippen molar-refractivity contribution in [3.05, 3.63) is 18.2 Å². The molecule has 1 fully saturated rings. The number of imidazole rings is 1. The number of rotatable bonds is 5. The zero-order valence-electron chi connectivity index (χ0n) is 12.8. The summed E-state index contributed by atoms with van der Waals surface area (Å²) in [5.41, 5.74) is 6.98. The summed E-state index contributed by atoms with van der Waals surface area (Å²) in [5.74, 6) is 1.53. The molecule has 0 bridgehead atoms. The lowest BCUT2D eigenvalue weighted by molar-refractivity contribution is 0.189. The van der Waals surface area contributed by atoms with Gasteiger partial charge in [-0.2, -0.15) is 11.8 Å². The largest absolute Gasteiger partial charge is 0.331 e. The highest BCUT2D eigenvalue weighted by molar-refractivity contribution is 8.00. The van der Waals surface area contributed by atoms with Crippen molar-refractivity contribution in [2.45, 2.75) is 31.3 Å². The minimum Gasteiger partial charge on any atom is -0.331 e. The first kappa shape index (κ1) is 16.8. The minimum atomic E-state index is -3.13. The second-order valence-corrected chi connectivity index (χ2v) is 9.02. The van der Waals surface area contributed by atoms with E-state index in [9.17, 15) is 8.42 Å². The molecule has 0 saturated carbocycles. The van der Waals surface area contributed by atoms with Gasteiger partial charge in [0.25, 0.3) is 0 Å². The highest BCUT2D eigenvalue weighted by Crippen LogP contribution is 2.30. The van der Waals surface area contributed by atoms with E-state index in [1.807, 2.05) is 4.90 Å². The maximum atomic E-state index is 12.1. The summed E-state index contributed by atoms with van der Waals surface area (Å²) < 4.78 is 26.2. The van der Waals surface area contributed by atoms with Crippen LogP contribution in [0, 0.1) is 0 Å². The Morgan fingerprint density at radius 3 is 2.81 bits per heavy atom. The summed E-state index contributed by atoms with van der Waals surface area (Å²) in [6.07, 6.45) is 4.90. The van der Waals surface area contributed by atoms with Gasteiger partial charge in [0.05, 0.1) is 18.1 Å². The average molecular weight is 332 g/mol. The minimum absolute atomic E-state index is 0.115. The van der Waals surface area contributed by atoms with Crippen LogP contribution in [0.25, 0.3) is 0 Å². The molecule has 2 N–H and O–H groups in total. The van der Waals surface area contributed by atoms with Crippen molar-refractivity contribution in [3.63, 3.8) is 0 Å². The lowest BCUT2D eigenvalue weighted by Gasteiger charge is -2.39. The first-order valence-corrected chi connectivity index (χ1v) is 10.2. The van der Waals surface area contributed by atoms with Gasteiger partial charge in [0.1, 0.15) is 5.37 Å². The summed E-state index contributed by atoms with van der Waals surface area (Å²) in [4.78, 5) is 6.25. The maximum absolute atomic E-state index is 12.1. The van der Waals surface area contributed by atoms with E-state index >= 15 is 0 Å². The molecule has 2 atom stereocenters. The molecule has 2 rings (SSSR count). The van der Waals surface area contributed by atoms with Crippen LogP contribution in [0.4, 0.5) is 0 Å². The van der Waals surface area contributed by atoms with Crippen LogP contribution < -0.4 is 5.73 Å². The zero-order valence-corrected chi connectivity index (χ0v) is 14.4. The van der Waals surface area contributed by atoms with Gasteiger partial charge < -0.3 is 10.3 Å². The molecule has 1 saturated heterocycles. The normalized spacial score (nSPS) is 22.6. The Bertz CT molecular complexity index is 570. The Morgan fingerprint density at radius 1 is 1.52 bits per heavy atom. The van der Waals surface area contributed by atoms with Crippen LogP contribution in [0.3, 0.4) is 0 Å². The Balaban J connectivity index is 2.37. The van der Waals surface area contributed by atoms with Crippen molar-refractivity contribution in [1.29, 1.82) is 0 Å². The first-order chi connectivity index (χ1) is 9.86. The summed E-state index contributed by atoms with van der Waals surface area (Å²) in [6.45, 7) is 5.28. The van der Waals surface area contributed by atoms with Crippen molar-refractivity contribution in [2.75, 3.05) is 30.9 Å². The number of nitrogens with zero attached hydrogens (tertiary/aromatic N) is 3. The fourth-order valence-corrected chi connectivity index (χ4v) is 5.67. The molecule has 0 amide bonds. The molecule has 1 aromatic heterocycles. The molecule has 120 valence electrons. The smallest absolute Gasteiger partial charge is 0.164 e. The fraction of sp³-hybridized carbons (Fsp3) is 0.769. The number of hydrogen-bond acceptors (Lipinski definition) is 6. The Kier molecular flexibility index (Phi) is 5.34. The SMILES string of the molecule is CC(C)n1cncc1C(CN)N1CCSCC1S(C)(=O)=O. The molecular formula is C13H24N4O2S2. The predicted molar refractivity (Wildman–Crippen MR) is 87.1 cm³/mol. The van der Waals surface area contributed by atoms with Crippen molar-refractivity contribution < 1.29 is 8.42 Å². The summed E-state index contributed by atoms with van der Waals surface area (Å²) in [7, 11) is -3.13. The Morgan fingerprint density at radius 2 is 2.24 bits per heavy atom. The number of thioether (sulfide) groups is 1. The number of sulfone groups is 1. The van der Waals surface area contributed by atoms with Crippen molar-refractivity contribution in [2.24, 2.45) is 5.73 Å². The van der Waals surface area contributed by atoms with Gasteiger partial charge in [-0.3, -0.25) is 4.90 Å². The zero-order chi connectivity index (χ0) is 15.6. The second-order valence-electron chi connectivity index (χ2n) is 5.67. The van der Waals surface area contributed by atoms with Crippen LogP contribution in [0.1, 0.15) is 31.6 Å². The lowest BCUT2D eigenvalue weighted by atomic mass is 10.1. The summed E-state index contributed by atoms with van der Waals surface area (Å²) in [6, 6.07) is 0.155. The third-order valence-electron chi connectivity index (χ3n) is 3.84. The predicted octanol–water partition coefficient (Wildman–Crippen LogP) is 0.883. The van der Waals surface area contributed by atoms with Gasteiger partial charge in [0, 0.05) is 43.1 Å². The third-order valence-corrected chi connectivity index (χ3v) is 6.50. The van der Waals surface area contributed by atoms with Crippen LogP contribution in [-0.2, 0) is 9.84 Å². The highest BCUT2D eigenvalue weighted by atomic mass is 32.2. The van der Waals surface area contributed by atoms with Crippen LogP contribution >= 0.6 is 11.8 Å². The first-order valence-electron chi connectivity index (χ1n) is 7.10. The molecule has 1 aromatic rings. The van der Waals surface area contributed by atoms with Crippen LogP contribution in [0.5, 0.6) is 0 Å². The van der Waals surface area contributed by atoms with E-state index in [0.29, 0.717) is 12.3 Å². The van der Waals surface area contributed by atoms with Gasteiger partial charge >= 0.3 is 0 Å². The van der Waals surface area contributed by atoms with Crippen LogP contribution in [-0.4, -0.2) is 59.1 Å². The molecule has 1 aliphatic rings. The average Bonchev–Trinajstić information content (AvgIpc) is 2.88. The maximum Gasteiger partial charge on any atom is 0.164 e. The van der Waals surface area contributed by atoms with E-state index in [0.717, 1.165) is 18.0 Å². The van der Waals surface area contributed by atoms with Crippen molar-refractivity contribution >= 4 is 21.6 Å². The third kappa shape index (κ3) is 3.61. The molecule has 0 aliphatic carbocycles. The van der Waals surface area contributed by atoms with Crippen LogP contribution in [0.15, 0.2) is 12.5 Å². The molecule has 0 radical (unpaired) electrons. The molecule has 8 heteroatoms. The fourth-order valence-electron chi connectivity index (χ4n) is 2.75. The summed E-state index contributed by atoms with van der Waals surface area (Å²) >= 11 is 1.69. The van der Waals surface area contributed by atoms with E-state index in [-0.39, 0.29) is 12.1 Å². The monoisotopic (exact) mass is 332 g/mol. The Hall–Kier alpha value is -0.570. The molecule has 0 spiro atoms. The molecule has 2 unspecified atom stereocenters. The van der Waals surface area contributed by atoms with Gasteiger partial charge in [-0.1, -0.05) is 0 Å². The second kappa shape index (κ2) is 6.68. The number of aromatic nitrogens is 2. The van der Waals surface area contributed by atoms with E-state index in [2.05, 4.69) is 23.4 Å². The van der Waals surface area contributed by atoms with Gasteiger partial charge in [0.15, 0.2) is 9.84 Å². The standard InChI is InChI=1S/C13H24N4O2S2/c1-10(2)17-9-15-7-12(17)11(6-14)16-4-5-20-8-13(16)21(3,18)19/h7,9-11,13H,4-6,8,14H2,1-3H3. The van der Waals surface area contributed by atoms with Gasteiger partial charge in [-0.05, 0) is 13.8 Å². The van der Waals surface area contributed by atoms with E-state index in [1.165, 1.54) is 6.26 Å². The number of nitrogens with two attached hydrogens (primary N) is 1. The van der Waals surface area contributed by atoms with E-state index in [4.69, 9.17) is 5.73 Å². The topological polar surface area (TPSA) is 81.2 Å². The molecule has 2 heterocycles. The van der Waals surface area contributed by atoms with Gasteiger partial charge in [0.2, 0.25) is 0 Å². The molecule has 0 aromatic carbocycles. The number of hydrogen-bond donors (Lipinski definition) is 1. The van der Waals surface area contributed by atoms with Crippen LogP contribution in [0.2, 0.25) is 0 Å². The van der Waals surface area contributed by atoms with Gasteiger partial charge in [-0.25, -0.2) is 13.4 Å². The van der Waals surface area contributed by atoms with Gasteiger partial charge in [-0.15, -0.1) is 0 Å². The molecule has 6 nitrogen and oxygen atoms in total. The molecule has 21 heavy (non-hydrogen) atoms. The highest BCUT2D eigenvalue weighted by Gasteiger charge is 2.36. The Labute approximate surface area is 131 Å². The quantitative estimate of drug-likeness (QED) is 0.862.